The average Bonchev–Trinajstić information content (AvgIpc) is 3.19. The highest BCUT2D eigenvalue weighted by Crippen LogP contribution is 2.32. The summed E-state index contributed by atoms with van der Waals surface area (Å²) in [6, 6.07) is 9.08. The molecule has 5 nitrogen and oxygen atoms in total. The van der Waals surface area contributed by atoms with Crippen LogP contribution in [0.15, 0.2) is 48.6 Å². The highest BCUT2D eigenvalue weighted by molar-refractivity contribution is 5.87. The van der Waals surface area contributed by atoms with E-state index < -0.39 is 6.09 Å². The number of hydrogen-bond acceptors (Lipinski definition) is 3. The fraction of sp³-hybridized carbons (Fsp3) is 0.263. The molecule has 0 spiro atoms. The lowest BCUT2D eigenvalue weighted by atomic mass is 10.1. The largest absolute Gasteiger partial charge is 0.418 e. The summed E-state index contributed by atoms with van der Waals surface area (Å²) in [5.74, 6) is 1.28. The molecule has 0 unspecified atom stereocenters. The number of amides is 1. The summed E-state index contributed by atoms with van der Waals surface area (Å²) in [5, 5.41) is 7.63. The van der Waals surface area contributed by atoms with Gasteiger partial charge in [0.1, 0.15) is 11.6 Å². The van der Waals surface area contributed by atoms with E-state index in [9.17, 15) is 4.79 Å². The van der Waals surface area contributed by atoms with Crippen LogP contribution in [-0.4, -0.2) is 15.9 Å². The third kappa shape index (κ3) is 2.85. The molecule has 1 heterocycles. The molecule has 0 bridgehead atoms. The first-order valence-corrected chi connectivity index (χ1v) is 8.32. The van der Waals surface area contributed by atoms with E-state index in [1.165, 1.54) is 0 Å². The van der Waals surface area contributed by atoms with E-state index in [1.807, 2.05) is 29.0 Å². The monoisotopic (exact) mass is 321 g/mol. The summed E-state index contributed by atoms with van der Waals surface area (Å²) in [6.45, 7) is 0. The Labute approximate surface area is 140 Å². The lowest BCUT2D eigenvalue weighted by molar-refractivity contribution is 0.215. The van der Waals surface area contributed by atoms with Crippen LogP contribution >= 0.6 is 0 Å². The smallest absolute Gasteiger partial charge is 0.410 e. The van der Waals surface area contributed by atoms with Crippen molar-refractivity contribution in [2.75, 3.05) is 5.32 Å². The number of para-hydroxylation sites is 1. The van der Waals surface area contributed by atoms with Crippen molar-refractivity contribution in [2.24, 2.45) is 0 Å². The van der Waals surface area contributed by atoms with Gasteiger partial charge >= 0.3 is 6.09 Å². The molecule has 24 heavy (non-hydrogen) atoms. The first-order valence-electron chi connectivity index (χ1n) is 8.32. The van der Waals surface area contributed by atoms with Crippen LogP contribution in [0.25, 0.3) is 5.70 Å². The lowest BCUT2D eigenvalue weighted by Gasteiger charge is -2.14. The zero-order chi connectivity index (χ0) is 16.4. The van der Waals surface area contributed by atoms with Crippen LogP contribution in [-0.2, 0) is 12.8 Å². The second-order valence-electron chi connectivity index (χ2n) is 5.99. The summed E-state index contributed by atoms with van der Waals surface area (Å²) >= 11 is 0. The van der Waals surface area contributed by atoms with Gasteiger partial charge in [-0.1, -0.05) is 30.4 Å². The molecule has 0 saturated heterocycles. The number of nitrogens with one attached hydrogen (secondary N) is 1. The minimum Gasteiger partial charge on any atom is -0.410 e. The molecule has 1 aromatic heterocycles. The van der Waals surface area contributed by atoms with E-state index in [2.05, 4.69) is 17.5 Å². The van der Waals surface area contributed by atoms with E-state index in [0.29, 0.717) is 5.75 Å². The quantitative estimate of drug-likeness (QED) is 0.923. The van der Waals surface area contributed by atoms with Crippen LogP contribution in [0.2, 0.25) is 0 Å². The van der Waals surface area contributed by atoms with Crippen LogP contribution in [0.5, 0.6) is 5.75 Å². The second-order valence-corrected chi connectivity index (χ2v) is 5.99. The van der Waals surface area contributed by atoms with Gasteiger partial charge < -0.3 is 4.74 Å². The van der Waals surface area contributed by atoms with Crippen LogP contribution < -0.4 is 10.1 Å². The number of ether oxygens (including phenoxy) is 1. The van der Waals surface area contributed by atoms with Gasteiger partial charge in [0.05, 0.1) is 5.69 Å². The SMILES string of the molecule is O=C(Nc1c2c(nn1C1=CC=CCC1)CCC2)Oc1ccccc1. The van der Waals surface area contributed by atoms with Gasteiger partial charge in [-0.05, 0) is 50.3 Å². The molecule has 0 radical (unpaired) electrons. The number of benzene rings is 1. The summed E-state index contributed by atoms with van der Waals surface area (Å²) in [5.41, 5.74) is 3.32. The number of allylic oxidation sites excluding steroid dienone is 4. The molecular formula is C19H19N3O2. The van der Waals surface area contributed by atoms with Crippen LogP contribution in [0.1, 0.15) is 30.5 Å². The van der Waals surface area contributed by atoms with Crippen LogP contribution in [0.3, 0.4) is 0 Å². The summed E-state index contributed by atoms with van der Waals surface area (Å²) < 4.78 is 7.24. The van der Waals surface area contributed by atoms with Gasteiger partial charge in [0.15, 0.2) is 0 Å². The van der Waals surface area contributed by atoms with Crippen molar-refractivity contribution in [1.29, 1.82) is 0 Å². The Hall–Kier alpha value is -2.82. The normalized spacial score (nSPS) is 15.8. The molecule has 4 rings (SSSR count). The van der Waals surface area contributed by atoms with E-state index in [0.717, 1.165) is 54.9 Å². The van der Waals surface area contributed by atoms with Crippen LogP contribution in [0, 0.1) is 0 Å². The van der Waals surface area contributed by atoms with Gasteiger partial charge in [0.2, 0.25) is 0 Å². The zero-order valence-electron chi connectivity index (χ0n) is 13.4. The second kappa shape index (κ2) is 6.35. The number of nitrogens with zero attached hydrogens (tertiary/aromatic N) is 2. The van der Waals surface area contributed by atoms with Gasteiger partial charge in [-0.15, -0.1) is 0 Å². The van der Waals surface area contributed by atoms with E-state index in [-0.39, 0.29) is 0 Å². The van der Waals surface area contributed by atoms with Crippen molar-refractivity contribution in [3.05, 3.63) is 59.8 Å². The Morgan fingerprint density at radius 2 is 2.04 bits per heavy atom. The van der Waals surface area contributed by atoms with Gasteiger partial charge in [0, 0.05) is 11.3 Å². The molecule has 0 fully saturated rings. The predicted molar refractivity (Wildman–Crippen MR) is 93.0 cm³/mol. The minimum atomic E-state index is -0.482. The molecule has 2 aromatic rings. The number of rotatable bonds is 3. The first-order chi connectivity index (χ1) is 11.8. The van der Waals surface area contributed by atoms with Crippen molar-refractivity contribution in [1.82, 2.24) is 9.78 Å². The number of aryl methyl sites for hydroxylation is 1. The van der Waals surface area contributed by atoms with Gasteiger partial charge in [-0.2, -0.15) is 5.10 Å². The van der Waals surface area contributed by atoms with Crippen molar-refractivity contribution >= 4 is 17.6 Å². The van der Waals surface area contributed by atoms with E-state index in [1.54, 1.807) is 12.1 Å². The van der Waals surface area contributed by atoms with Crippen molar-refractivity contribution in [3.8, 4) is 5.75 Å². The summed E-state index contributed by atoms with van der Waals surface area (Å²) in [7, 11) is 0. The third-order valence-electron chi connectivity index (χ3n) is 4.35. The Bertz CT molecular complexity index is 819. The number of aromatic nitrogens is 2. The first kappa shape index (κ1) is 14.8. The number of carbonyl (C=O) groups is 1. The van der Waals surface area contributed by atoms with Crippen molar-refractivity contribution in [3.63, 3.8) is 0 Å². The van der Waals surface area contributed by atoms with Gasteiger partial charge in [-0.25, -0.2) is 9.48 Å². The molecule has 2 aliphatic rings. The predicted octanol–water partition coefficient (Wildman–Crippen LogP) is 4.17. The molecule has 122 valence electrons. The van der Waals surface area contributed by atoms with E-state index in [4.69, 9.17) is 9.84 Å². The fourth-order valence-corrected chi connectivity index (χ4v) is 3.21. The lowest BCUT2D eigenvalue weighted by Crippen LogP contribution is -2.20. The zero-order valence-corrected chi connectivity index (χ0v) is 13.4. The van der Waals surface area contributed by atoms with Crippen molar-refractivity contribution in [2.45, 2.75) is 32.1 Å². The maximum Gasteiger partial charge on any atom is 0.418 e. The highest BCUT2D eigenvalue weighted by atomic mass is 16.6. The molecule has 0 atom stereocenters. The third-order valence-corrected chi connectivity index (χ3v) is 4.35. The molecule has 1 N–H and O–H groups in total. The Balaban J connectivity index is 1.61. The number of fused-ring (bicyclic) bond motifs is 1. The molecule has 1 amide bonds. The maximum atomic E-state index is 12.3. The molecule has 2 aliphatic carbocycles. The Kier molecular flexibility index (Phi) is 3.91. The standard InChI is InChI=1S/C19H19N3O2/c23-19(24-15-10-5-2-6-11-15)20-18-16-12-7-13-17(16)21-22(18)14-8-3-1-4-9-14/h1-3,5-6,8,10-11H,4,7,9,12-13H2,(H,20,23). The molecule has 5 heteroatoms. The number of hydrogen-bond donors (Lipinski definition) is 1. The maximum absolute atomic E-state index is 12.3. The number of carbonyl (C=O) groups excluding carboxylic acids is 1. The van der Waals surface area contributed by atoms with Crippen LogP contribution in [0.4, 0.5) is 10.6 Å². The minimum absolute atomic E-state index is 0.482. The summed E-state index contributed by atoms with van der Waals surface area (Å²) in [6.07, 6.45) is 10.6. The highest BCUT2D eigenvalue weighted by Gasteiger charge is 2.25. The molecule has 1 aromatic carbocycles. The number of anilines is 1. The fourth-order valence-electron chi connectivity index (χ4n) is 3.21. The molecule has 0 saturated carbocycles. The topological polar surface area (TPSA) is 56.2 Å². The van der Waals surface area contributed by atoms with E-state index >= 15 is 0 Å². The molecular weight excluding hydrogens is 302 g/mol. The van der Waals surface area contributed by atoms with Gasteiger partial charge in [0.25, 0.3) is 0 Å². The van der Waals surface area contributed by atoms with Gasteiger partial charge in [-0.3, -0.25) is 5.32 Å². The summed E-state index contributed by atoms with van der Waals surface area (Å²) in [4.78, 5) is 12.3. The van der Waals surface area contributed by atoms with Crippen molar-refractivity contribution < 1.29 is 9.53 Å². The Morgan fingerprint density at radius 3 is 2.83 bits per heavy atom. The Morgan fingerprint density at radius 1 is 1.17 bits per heavy atom. The molecule has 0 aliphatic heterocycles. The average molecular weight is 321 g/mol.